The monoisotopic (exact) mass is 383 g/mol. The Bertz CT molecular complexity index is 612. The minimum absolute atomic E-state index is 0.273. The van der Waals surface area contributed by atoms with Crippen LogP contribution in [0.4, 0.5) is 16.6 Å². The van der Waals surface area contributed by atoms with Crippen LogP contribution in [-0.2, 0) is 4.74 Å². The molecule has 0 spiro atoms. The molecule has 0 aliphatic carbocycles. The van der Waals surface area contributed by atoms with Crippen molar-refractivity contribution in [1.29, 1.82) is 0 Å². The fraction of sp³-hybridized carbons (Fsp3) is 0.722. The van der Waals surface area contributed by atoms with Gasteiger partial charge in [0, 0.05) is 45.3 Å². The number of anilines is 2. The van der Waals surface area contributed by atoms with Crippen molar-refractivity contribution in [2.45, 2.75) is 46.6 Å². The van der Waals surface area contributed by atoms with Gasteiger partial charge < -0.3 is 19.4 Å². The van der Waals surface area contributed by atoms with E-state index in [0.717, 1.165) is 25.3 Å². The van der Waals surface area contributed by atoms with E-state index in [4.69, 9.17) is 21.3 Å². The maximum absolute atomic E-state index is 12.2. The molecule has 1 saturated heterocycles. The Morgan fingerprint density at radius 2 is 1.88 bits per heavy atom. The summed E-state index contributed by atoms with van der Waals surface area (Å²) in [4.78, 5) is 27.3. The summed E-state index contributed by atoms with van der Waals surface area (Å²) in [5.74, 6) is 1.46. The van der Waals surface area contributed by atoms with Gasteiger partial charge in [-0.1, -0.05) is 18.5 Å². The summed E-state index contributed by atoms with van der Waals surface area (Å²) in [5, 5.41) is 0.439. The molecule has 0 N–H and O–H groups in total. The van der Waals surface area contributed by atoms with E-state index in [0.29, 0.717) is 37.3 Å². The Morgan fingerprint density at radius 3 is 2.42 bits per heavy atom. The van der Waals surface area contributed by atoms with Crippen molar-refractivity contribution < 1.29 is 9.53 Å². The second-order valence-electron chi connectivity index (χ2n) is 7.38. The molecule has 7 nitrogen and oxygen atoms in total. The van der Waals surface area contributed by atoms with Crippen molar-refractivity contribution in [3.8, 4) is 0 Å². The molecule has 1 aliphatic rings. The van der Waals surface area contributed by atoms with Crippen LogP contribution in [0.3, 0.4) is 0 Å². The normalized spacial score (nSPS) is 15.2. The Kier molecular flexibility index (Phi) is 6.92. The molecule has 0 saturated carbocycles. The Hall–Kier alpha value is -1.76. The second kappa shape index (κ2) is 8.75. The first kappa shape index (κ1) is 20.6. The molecule has 0 unspecified atom stereocenters. The Balaban J connectivity index is 2.05. The summed E-state index contributed by atoms with van der Waals surface area (Å²) in [6.45, 7) is 14.1. The molecule has 146 valence electrons. The molecule has 8 heteroatoms. The third-order valence-electron chi connectivity index (χ3n) is 4.08. The molecule has 1 fully saturated rings. The predicted octanol–water partition coefficient (Wildman–Crippen LogP) is 3.42. The zero-order valence-electron chi connectivity index (χ0n) is 16.5. The highest BCUT2D eigenvalue weighted by Gasteiger charge is 2.27. The third-order valence-corrected chi connectivity index (χ3v) is 4.28. The first-order chi connectivity index (χ1) is 12.2. The maximum atomic E-state index is 12.2. The zero-order valence-corrected chi connectivity index (χ0v) is 17.2. The summed E-state index contributed by atoms with van der Waals surface area (Å²) in [6, 6.07) is 1.81. The summed E-state index contributed by atoms with van der Waals surface area (Å²) < 4.78 is 5.44. The number of piperazine rings is 1. The highest BCUT2D eigenvalue weighted by Crippen LogP contribution is 2.22. The molecule has 1 aliphatic heterocycles. The van der Waals surface area contributed by atoms with Gasteiger partial charge in [-0.3, -0.25) is 0 Å². The van der Waals surface area contributed by atoms with E-state index in [2.05, 4.69) is 28.6 Å². The molecular weight excluding hydrogens is 354 g/mol. The van der Waals surface area contributed by atoms with E-state index >= 15 is 0 Å². The molecule has 1 amide bonds. The summed E-state index contributed by atoms with van der Waals surface area (Å²) in [6.07, 6.45) is 0.768. The third kappa shape index (κ3) is 5.62. The van der Waals surface area contributed by atoms with E-state index in [1.165, 1.54) is 0 Å². The number of hydrogen-bond donors (Lipinski definition) is 0. The van der Waals surface area contributed by atoms with Gasteiger partial charge in [0.1, 0.15) is 16.6 Å². The van der Waals surface area contributed by atoms with E-state index in [1.54, 1.807) is 11.0 Å². The highest BCUT2D eigenvalue weighted by atomic mass is 35.5. The first-order valence-corrected chi connectivity index (χ1v) is 9.63. The van der Waals surface area contributed by atoms with Crippen molar-refractivity contribution in [1.82, 2.24) is 14.9 Å². The van der Waals surface area contributed by atoms with Gasteiger partial charge in [-0.2, -0.15) is 4.98 Å². The van der Waals surface area contributed by atoms with Gasteiger partial charge in [-0.15, -0.1) is 0 Å². The minimum atomic E-state index is -0.484. The van der Waals surface area contributed by atoms with Gasteiger partial charge in [0.05, 0.1) is 0 Å². The topological polar surface area (TPSA) is 61.8 Å². The van der Waals surface area contributed by atoms with Crippen molar-refractivity contribution in [3.05, 3.63) is 11.2 Å². The zero-order chi connectivity index (χ0) is 19.3. The van der Waals surface area contributed by atoms with Gasteiger partial charge in [-0.25, -0.2) is 9.78 Å². The molecular formula is C18H30ClN5O2. The fourth-order valence-electron chi connectivity index (χ4n) is 2.82. The molecule has 2 rings (SSSR count). The van der Waals surface area contributed by atoms with Crippen LogP contribution >= 0.6 is 11.6 Å². The first-order valence-electron chi connectivity index (χ1n) is 9.26. The van der Waals surface area contributed by atoms with E-state index in [9.17, 15) is 4.79 Å². The van der Waals surface area contributed by atoms with Crippen molar-refractivity contribution in [2.75, 3.05) is 49.1 Å². The minimum Gasteiger partial charge on any atom is -0.444 e. The van der Waals surface area contributed by atoms with Crippen LogP contribution in [-0.4, -0.2) is 65.8 Å². The maximum Gasteiger partial charge on any atom is 0.410 e. The number of amides is 1. The van der Waals surface area contributed by atoms with Gasteiger partial charge >= 0.3 is 6.09 Å². The number of hydrogen-bond acceptors (Lipinski definition) is 6. The molecule has 1 aromatic heterocycles. The quantitative estimate of drug-likeness (QED) is 0.726. The van der Waals surface area contributed by atoms with Crippen LogP contribution in [0.2, 0.25) is 5.15 Å². The van der Waals surface area contributed by atoms with E-state index < -0.39 is 5.60 Å². The smallest absolute Gasteiger partial charge is 0.410 e. The molecule has 0 bridgehead atoms. The van der Waals surface area contributed by atoms with Gasteiger partial charge in [0.15, 0.2) is 0 Å². The van der Waals surface area contributed by atoms with Crippen LogP contribution in [0.15, 0.2) is 6.07 Å². The number of rotatable bonds is 5. The van der Waals surface area contributed by atoms with Crippen LogP contribution in [0.25, 0.3) is 0 Å². The summed E-state index contributed by atoms with van der Waals surface area (Å²) >= 11 is 6.23. The average molecular weight is 384 g/mol. The number of carbonyl (C=O) groups excluding carboxylic acids is 1. The van der Waals surface area contributed by atoms with Gasteiger partial charge in [0.25, 0.3) is 0 Å². The lowest BCUT2D eigenvalue weighted by Gasteiger charge is -2.36. The molecule has 26 heavy (non-hydrogen) atoms. The molecule has 0 aromatic carbocycles. The average Bonchev–Trinajstić information content (AvgIpc) is 2.57. The number of halogens is 1. The Labute approximate surface area is 161 Å². The molecule has 0 atom stereocenters. The van der Waals surface area contributed by atoms with Crippen molar-refractivity contribution >= 4 is 29.5 Å². The largest absolute Gasteiger partial charge is 0.444 e. The number of aromatic nitrogens is 2. The predicted molar refractivity (Wildman–Crippen MR) is 105 cm³/mol. The fourth-order valence-corrected chi connectivity index (χ4v) is 2.99. The SMILES string of the molecule is CCCN(CC)c1cc(Cl)nc(N2CCN(C(=O)OC(C)(C)C)CC2)n1. The lowest BCUT2D eigenvalue weighted by atomic mass is 10.2. The Morgan fingerprint density at radius 1 is 1.23 bits per heavy atom. The van der Waals surface area contributed by atoms with Crippen molar-refractivity contribution in [2.24, 2.45) is 0 Å². The van der Waals surface area contributed by atoms with Crippen LogP contribution in [0.5, 0.6) is 0 Å². The highest BCUT2D eigenvalue weighted by molar-refractivity contribution is 6.29. The second-order valence-corrected chi connectivity index (χ2v) is 7.77. The van der Waals surface area contributed by atoms with Crippen LogP contribution in [0, 0.1) is 0 Å². The van der Waals surface area contributed by atoms with Crippen LogP contribution in [0.1, 0.15) is 41.0 Å². The van der Waals surface area contributed by atoms with Crippen LogP contribution < -0.4 is 9.80 Å². The lowest BCUT2D eigenvalue weighted by Crippen LogP contribution is -2.50. The van der Waals surface area contributed by atoms with Crippen molar-refractivity contribution in [3.63, 3.8) is 0 Å². The van der Waals surface area contributed by atoms with Gasteiger partial charge in [-0.05, 0) is 34.1 Å². The standard InChI is InChI=1S/C18H30ClN5O2/c1-6-8-22(7-2)15-13-14(19)20-16(21-15)23-9-11-24(12-10-23)17(25)26-18(3,4)5/h13H,6-12H2,1-5H3. The summed E-state index contributed by atoms with van der Waals surface area (Å²) in [7, 11) is 0. The molecule has 1 aromatic rings. The van der Waals surface area contributed by atoms with Gasteiger partial charge in [0.2, 0.25) is 5.95 Å². The lowest BCUT2D eigenvalue weighted by molar-refractivity contribution is 0.0240. The van der Waals surface area contributed by atoms with E-state index in [1.807, 2.05) is 20.8 Å². The number of ether oxygens (including phenoxy) is 1. The summed E-state index contributed by atoms with van der Waals surface area (Å²) in [5.41, 5.74) is -0.484. The molecule has 2 heterocycles. The number of nitrogens with zero attached hydrogens (tertiary/aromatic N) is 5. The molecule has 0 radical (unpaired) electrons. The number of carbonyl (C=O) groups is 1. The van der Waals surface area contributed by atoms with E-state index in [-0.39, 0.29) is 6.09 Å².